The summed E-state index contributed by atoms with van der Waals surface area (Å²) in [4.78, 5) is 0. The Hall–Kier alpha value is 0.250. The van der Waals surface area contributed by atoms with E-state index in [1.54, 1.807) is 0 Å². The third kappa shape index (κ3) is 6.25. The molecule has 0 unspecified atom stereocenters. The number of alkyl halides is 1. The van der Waals surface area contributed by atoms with Crippen LogP contribution in [-0.2, 0) is 0 Å². The summed E-state index contributed by atoms with van der Waals surface area (Å²) in [6.07, 6.45) is 1.74. The average Bonchev–Trinajstić information content (AvgIpc) is 1.61. The summed E-state index contributed by atoms with van der Waals surface area (Å²) in [5.41, 5.74) is 0. The SMILES string of the molecule is C[C@H](Cl)CCCO. The van der Waals surface area contributed by atoms with Crippen molar-refractivity contribution in [3.63, 3.8) is 0 Å². The van der Waals surface area contributed by atoms with Crippen LogP contribution in [-0.4, -0.2) is 17.1 Å². The molecule has 0 aromatic heterocycles. The van der Waals surface area contributed by atoms with Gasteiger partial charge < -0.3 is 5.11 Å². The van der Waals surface area contributed by atoms with Gasteiger partial charge in [0.05, 0.1) is 0 Å². The van der Waals surface area contributed by atoms with Crippen molar-refractivity contribution in [2.45, 2.75) is 25.1 Å². The summed E-state index contributed by atoms with van der Waals surface area (Å²) in [5.74, 6) is 0. The predicted molar refractivity (Wildman–Crippen MR) is 31.6 cm³/mol. The Labute approximate surface area is 49.3 Å². The zero-order valence-corrected chi connectivity index (χ0v) is 5.28. The molecular weight excluding hydrogens is 112 g/mol. The lowest BCUT2D eigenvalue weighted by Crippen LogP contribution is -1.91. The Balaban J connectivity index is 2.68. The van der Waals surface area contributed by atoms with Crippen molar-refractivity contribution in [2.75, 3.05) is 6.61 Å². The molecule has 0 aromatic carbocycles. The molecule has 1 nitrogen and oxygen atoms in total. The second kappa shape index (κ2) is 4.41. The molecule has 0 fully saturated rings. The van der Waals surface area contributed by atoms with Crippen molar-refractivity contribution in [1.29, 1.82) is 0 Å². The topological polar surface area (TPSA) is 20.2 Å². The summed E-state index contributed by atoms with van der Waals surface area (Å²) in [6.45, 7) is 2.19. The lowest BCUT2D eigenvalue weighted by Gasteiger charge is -1.96. The smallest absolute Gasteiger partial charge is 0.0431 e. The molecule has 0 aliphatic heterocycles. The molecule has 1 atom stereocenters. The predicted octanol–water partition coefficient (Wildman–Crippen LogP) is 1.39. The molecule has 0 bridgehead atoms. The number of aliphatic hydroxyl groups excluding tert-OH is 1. The van der Waals surface area contributed by atoms with Crippen LogP contribution in [0.2, 0.25) is 0 Å². The van der Waals surface area contributed by atoms with Crippen LogP contribution in [0, 0.1) is 0 Å². The van der Waals surface area contributed by atoms with Crippen LogP contribution in [0.15, 0.2) is 0 Å². The molecule has 0 saturated heterocycles. The van der Waals surface area contributed by atoms with Gasteiger partial charge in [-0.3, -0.25) is 0 Å². The Morgan fingerprint density at radius 3 is 2.43 bits per heavy atom. The quantitative estimate of drug-likeness (QED) is 0.561. The van der Waals surface area contributed by atoms with E-state index in [0.29, 0.717) is 0 Å². The van der Waals surface area contributed by atoms with Crippen LogP contribution in [0.3, 0.4) is 0 Å². The van der Waals surface area contributed by atoms with Gasteiger partial charge in [-0.2, -0.15) is 0 Å². The number of halogens is 1. The number of aliphatic hydroxyl groups is 1. The lowest BCUT2D eigenvalue weighted by molar-refractivity contribution is 0.284. The van der Waals surface area contributed by atoms with Crippen LogP contribution in [0.1, 0.15) is 19.8 Å². The van der Waals surface area contributed by atoms with Crippen LogP contribution >= 0.6 is 11.6 Å². The third-order valence-corrected chi connectivity index (χ3v) is 0.978. The first-order valence-electron chi connectivity index (χ1n) is 2.52. The van der Waals surface area contributed by atoms with Crippen molar-refractivity contribution in [1.82, 2.24) is 0 Å². The highest BCUT2D eigenvalue weighted by molar-refractivity contribution is 6.20. The molecule has 7 heavy (non-hydrogen) atoms. The van der Waals surface area contributed by atoms with Crippen molar-refractivity contribution in [2.24, 2.45) is 0 Å². The van der Waals surface area contributed by atoms with Crippen LogP contribution in [0.25, 0.3) is 0 Å². The lowest BCUT2D eigenvalue weighted by atomic mass is 10.3. The van der Waals surface area contributed by atoms with Gasteiger partial charge in [0, 0.05) is 12.0 Å². The first kappa shape index (κ1) is 7.25. The maximum absolute atomic E-state index is 8.26. The first-order valence-corrected chi connectivity index (χ1v) is 2.96. The largest absolute Gasteiger partial charge is 0.396 e. The van der Waals surface area contributed by atoms with E-state index in [9.17, 15) is 0 Å². The van der Waals surface area contributed by atoms with E-state index in [2.05, 4.69) is 0 Å². The zero-order chi connectivity index (χ0) is 5.70. The Morgan fingerprint density at radius 1 is 1.71 bits per heavy atom. The molecule has 0 amide bonds. The third-order valence-electron chi connectivity index (χ3n) is 0.760. The van der Waals surface area contributed by atoms with Gasteiger partial charge in [0.15, 0.2) is 0 Å². The van der Waals surface area contributed by atoms with E-state index < -0.39 is 0 Å². The van der Waals surface area contributed by atoms with Gasteiger partial charge in [-0.25, -0.2) is 0 Å². The highest BCUT2D eigenvalue weighted by Crippen LogP contribution is 2.01. The maximum Gasteiger partial charge on any atom is 0.0431 e. The summed E-state index contributed by atoms with van der Waals surface area (Å²) >= 11 is 5.55. The minimum absolute atomic E-state index is 0.215. The molecular formula is C5H11ClO. The summed E-state index contributed by atoms with van der Waals surface area (Å²) < 4.78 is 0. The second-order valence-electron chi connectivity index (χ2n) is 1.65. The fourth-order valence-corrected chi connectivity index (χ4v) is 0.527. The van der Waals surface area contributed by atoms with Crippen LogP contribution < -0.4 is 0 Å². The number of rotatable bonds is 3. The molecule has 0 aliphatic rings. The van der Waals surface area contributed by atoms with Gasteiger partial charge in [0.1, 0.15) is 0 Å². The fraction of sp³-hybridized carbons (Fsp3) is 1.00. The van der Waals surface area contributed by atoms with Crippen molar-refractivity contribution >= 4 is 11.6 Å². The Morgan fingerprint density at radius 2 is 2.29 bits per heavy atom. The van der Waals surface area contributed by atoms with Crippen molar-refractivity contribution < 1.29 is 5.11 Å². The van der Waals surface area contributed by atoms with E-state index in [1.807, 2.05) is 6.92 Å². The van der Waals surface area contributed by atoms with E-state index in [-0.39, 0.29) is 12.0 Å². The zero-order valence-electron chi connectivity index (χ0n) is 4.52. The van der Waals surface area contributed by atoms with E-state index in [1.165, 1.54) is 0 Å². The standard InChI is InChI=1S/C5H11ClO/c1-5(6)3-2-4-7/h5,7H,2-4H2,1H3/t5-/m0/s1. The van der Waals surface area contributed by atoms with Gasteiger partial charge in [-0.1, -0.05) is 0 Å². The molecule has 0 heterocycles. The fourth-order valence-electron chi connectivity index (χ4n) is 0.373. The molecule has 0 saturated carbocycles. The molecule has 0 radical (unpaired) electrons. The van der Waals surface area contributed by atoms with Gasteiger partial charge >= 0.3 is 0 Å². The van der Waals surface area contributed by atoms with Gasteiger partial charge in [-0.15, -0.1) is 11.6 Å². The maximum atomic E-state index is 8.26. The molecule has 1 N–H and O–H groups in total. The Bertz CT molecular complexity index is 37.1. The van der Waals surface area contributed by atoms with Crippen LogP contribution in [0.5, 0.6) is 0 Å². The highest BCUT2D eigenvalue weighted by atomic mass is 35.5. The normalized spacial score (nSPS) is 14.1. The van der Waals surface area contributed by atoms with Gasteiger partial charge in [-0.05, 0) is 19.8 Å². The van der Waals surface area contributed by atoms with E-state index in [0.717, 1.165) is 12.8 Å². The van der Waals surface area contributed by atoms with E-state index >= 15 is 0 Å². The monoisotopic (exact) mass is 122 g/mol. The molecule has 0 aliphatic carbocycles. The van der Waals surface area contributed by atoms with Crippen molar-refractivity contribution in [3.8, 4) is 0 Å². The van der Waals surface area contributed by atoms with Crippen LogP contribution in [0.4, 0.5) is 0 Å². The summed E-state index contributed by atoms with van der Waals surface area (Å²) in [6, 6.07) is 0. The Kier molecular flexibility index (Phi) is 4.57. The highest BCUT2D eigenvalue weighted by Gasteiger charge is 1.91. The number of hydrogen-bond donors (Lipinski definition) is 1. The molecule has 0 spiro atoms. The minimum atomic E-state index is 0.215. The number of hydrogen-bond acceptors (Lipinski definition) is 1. The molecule has 44 valence electrons. The van der Waals surface area contributed by atoms with E-state index in [4.69, 9.17) is 16.7 Å². The minimum Gasteiger partial charge on any atom is -0.396 e. The molecule has 0 aromatic rings. The second-order valence-corrected chi connectivity index (χ2v) is 2.39. The van der Waals surface area contributed by atoms with Gasteiger partial charge in [0.2, 0.25) is 0 Å². The first-order chi connectivity index (χ1) is 3.27. The molecule has 2 heteroatoms. The van der Waals surface area contributed by atoms with Gasteiger partial charge in [0.25, 0.3) is 0 Å². The summed E-state index contributed by atoms with van der Waals surface area (Å²) in [5, 5.41) is 8.47. The molecule has 0 rings (SSSR count). The summed E-state index contributed by atoms with van der Waals surface area (Å²) in [7, 11) is 0. The van der Waals surface area contributed by atoms with Crippen molar-refractivity contribution in [3.05, 3.63) is 0 Å². The average molecular weight is 123 g/mol.